The van der Waals surface area contributed by atoms with E-state index < -0.39 is 10.0 Å². The summed E-state index contributed by atoms with van der Waals surface area (Å²) >= 11 is 0. The number of piperazine rings is 1. The molecule has 0 bridgehead atoms. The smallest absolute Gasteiger partial charge is 0.213 e. The first-order chi connectivity index (χ1) is 8.49. The Kier molecular flexibility index (Phi) is 13.6. The molecular weight excluding hydrogens is 325 g/mol. The van der Waals surface area contributed by atoms with Crippen LogP contribution in [0.5, 0.6) is 0 Å². The molecule has 0 radical (unpaired) electrons. The van der Waals surface area contributed by atoms with Gasteiger partial charge in [0, 0.05) is 39.3 Å². The molecule has 1 rings (SSSR count). The number of halogens is 2. The molecule has 9 heteroatoms. The van der Waals surface area contributed by atoms with Crippen molar-refractivity contribution in [1.82, 2.24) is 14.9 Å². The number of hydrogen-bond donors (Lipinski definition) is 2. The highest BCUT2D eigenvalue weighted by Gasteiger charge is 2.12. The molecule has 124 valence electrons. The Labute approximate surface area is 134 Å². The molecule has 0 atom stereocenters. The minimum Gasteiger partial charge on any atom is -0.378 e. The Hall–Kier alpha value is 0.370. The zero-order chi connectivity index (χ0) is 13.4. The fourth-order valence-electron chi connectivity index (χ4n) is 1.76. The van der Waals surface area contributed by atoms with E-state index in [2.05, 4.69) is 14.9 Å². The number of rotatable bonds is 8. The predicted molar refractivity (Wildman–Crippen MR) is 86.7 cm³/mol. The van der Waals surface area contributed by atoms with Gasteiger partial charge in [0.25, 0.3) is 0 Å². The van der Waals surface area contributed by atoms with E-state index in [0.717, 1.165) is 32.7 Å². The highest BCUT2D eigenvalue weighted by molar-refractivity contribution is 7.89. The SMILES string of the molecule is CC(C)OCCS(=O)(=O)NCCN1CCNCC1.Cl.Cl. The summed E-state index contributed by atoms with van der Waals surface area (Å²) in [5, 5.41) is 3.26. The molecule has 0 saturated carbocycles. The van der Waals surface area contributed by atoms with Crippen molar-refractivity contribution < 1.29 is 13.2 Å². The lowest BCUT2D eigenvalue weighted by molar-refractivity contribution is 0.0911. The van der Waals surface area contributed by atoms with Gasteiger partial charge in [-0.25, -0.2) is 13.1 Å². The topological polar surface area (TPSA) is 70.7 Å². The van der Waals surface area contributed by atoms with Gasteiger partial charge in [-0.1, -0.05) is 0 Å². The second-order valence-corrected chi connectivity index (χ2v) is 6.65. The molecule has 2 N–H and O–H groups in total. The van der Waals surface area contributed by atoms with Crippen LogP contribution in [-0.4, -0.2) is 71.0 Å². The Balaban J connectivity index is 0. The van der Waals surface area contributed by atoms with Crippen LogP contribution in [0, 0.1) is 0 Å². The van der Waals surface area contributed by atoms with Crippen LogP contribution < -0.4 is 10.0 Å². The van der Waals surface area contributed by atoms with Gasteiger partial charge in [-0.2, -0.15) is 0 Å². The summed E-state index contributed by atoms with van der Waals surface area (Å²) in [6, 6.07) is 0. The van der Waals surface area contributed by atoms with Crippen LogP contribution in [0.1, 0.15) is 13.8 Å². The van der Waals surface area contributed by atoms with Crippen LogP contribution in [0.25, 0.3) is 0 Å². The summed E-state index contributed by atoms with van der Waals surface area (Å²) in [6.07, 6.45) is 0.0704. The molecule has 1 aliphatic rings. The first-order valence-corrected chi connectivity index (χ1v) is 8.17. The maximum absolute atomic E-state index is 11.6. The lowest BCUT2D eigenvalue weighted by Gasteiger charge is -2.27. The molecule has 0 aromatic heterocycles. The largest absolute Gasteiger partial charge is 0.378 e. The molecule has 20 heavy (non-hydrogen) atoms. The van der Waals surface area contributed by atoms with Gasteiger partial charge in [0.1, 0.15) is 0 Å². The van der Waals surface area contributed by atoms with E-state index in [4.69, 9.17) is 4.74 Å². The van der Waals surface area contributed by atoms with Crippen LogP contribution in [0.4, 0.5) is 0 Å². The van der Waals surface area contributed by atoms with Crippen molar-refractivity contribution in [2.45, 2.75) is 20.0 Å². The molecule has 0 spiro atoms. The average molecular weight is 352 g/mol. The summed E-state index contributed by atoms with van der Waals surface area (Å²) in [5.74, 6) is 0.0345. The van der Waals surface area contributed by atoms with Gasteiger partial charge in [-0.05, 0) is 13.8 Å². The first kappa shape index (κ1) is 22.6. The summed E-state index contributed by atoms with van der Waals surface area (Å²) < 4.78 is 31.1. The third kappa shape index (κ3) is 11.1. The summed E-state index contributed by atoms with van der Waals surface area (Å²) in [4.78, 5) is 2.25. The van der Waals surface area contributed by atoms with Crippen LogP contribution in [0.15, 0.2) is 0 Å². The highest BCUT2D eigenvalue weighted by Crippen LogP contribution is 1.93. The highest BCUT2D eigenvalue weighted by atomic mass is 35.5. The predicted octanol–water partition coefficient (Wildman–Crippen LogP) is 0.0796. The molecular formula is C11H27Cl2N3O3S. The first-order valence-electron chi connectivity index (χ1n) is 6.51. The quantitative estimate of drug-likeness (QED) is 0.648. The second kappa shape index (κ2) is 12.0. The van der Waals surface area contributed by atoms with Gasteiger partial charge < -0.3 is 10.1 Å². The summed E-state index contributed by atoms with van der Waals surface area (Å²) in [6.45, 7) is 9.21. The maximum Gasteiger partial charge on any atom is 0.213 e. The van der Waals surface area contributed by atoms with Gasteiger partial charge in [-0.3, -0.25) is 4.90 Å². The number of nitrogens with one attached hydrogen (secondary N) is 2. The Bertz CT molecular complexity index is 323. The monoisotopic (exact) mass is 351 g/mol. The van der Waals surface area contributed by atoms with Gasteiger partial charge in [-0.15, -0.1) is 24.8 Å². The zero-order valence-electron chi connectivity index (χ0n) is 12.1. The van der Waals surface area contributed by atoms with Crippen molar-refractivity contribution in [3.63, 3.8) is 0 Å². The van der Waals surface area contributed by atoms with Crippen molar-refractivity contribution in [2.75, 3.05) is 51.6 Å². The molecule has 0 unspecified atom stereocenters. The van der Waals surface area contributed by atoms with E-state index in [0.29, 0.717) is 6.54 Å². The van der Waals surface area contributed by atoms with Crippen molar-refractivity contribution in [3.05, 3.63) is 0 Å². The lowest BCUT2D eigenvalue weighted by atomic mass is 10.3. The lowest BCUT2D eigenvalue weighted by Crippen LogP contribution is -2.46. The molecule has 0 aliphatic carbocycles. The van der Waals surface area contributed by atoms with Gasteiger partial charge in [0.2, 0.25) is 10.0 Å². The van der Waals surface area contributed by atoms with Crippen molar-refractivity contribution >= 4 is 34.8 Å². The van der Waals surface area contributed by atoms with E-state index in [-0.39, 0.29) is 43.3 Å². The van der Waals surface area contributed by atoms with E-state index in [1.165, 1.54) is 0 Å². The van der Waals surface area contributed by atoms with E-state index in [9.17, 15) is 8.42 Å². The number of sulfonamides is 1. The molecule has 1 aliphatic heterocycles. The Morgan fingerprint density at radius 2 is 1.85 bits per heavy atom. The Morgan fingerprint density at radius 3 is 2.40 bits per heavy atom. The van der Waals surface area contributed by atoms with Crippen LogP contribution in [0.2, 0.25) is 0 Å². The van der Waals surface area contributed by atoms with E-state index in [1.54, 1.807) is 0 Å². The second-order valence-electron chi connectivity index (χ2n) is 4.72. The van der Waals surface area contributed by atoms with Crippen molar-refractivity contribution in [2.24, 2.45) is 0 Å². The molecule has 1 fully saturated rings. The maximum atomic E-state index is 11.6. The van der Waals surface area contributed by atoms with Gasteiger partial charge >= 0.3 is 0 Å². The molecule has 1 saturated heterocycles. The molecule has 1 heterocycles. The minimum atomic E-state index is -3.20. The minimum absolute atomic E-state index is 0. The summed E-state index contributed by atoms with van der Waals surface area (Å²) in [7, 11) is -3.20. The van der Waals surface area contributed by atoms with Crippen LogP contribution >= 0.6 is 24.8 Å². The van der Waals surface area contributed by atoms with Crippen molar-refractivity contribution in [3.8, 4) is 0 Å². The molecule has 0 amide bonds. The van der Waals surface area contributed by atoms with E-state index >= 15 is 0 Å². The fraction of sp³-hybridized carbons (Fsp3) is 1.00. The number of hydrogen-bond acceptors (Lipinski definition) is 5. The molecule has 0 aromatic rings. The molecule has 0 aromatic carbocycles. The number of nitrogens with zero attached hydrogens (tertiary/aromatic N) is 1. The fourth-order valence-corrected chi connectivity index (χ4v) is 2.62. The molecule has 6 nitrogen and oxygen atoms in total. The van der Waals surface area contributed by atoms with Gasteiger partial charge in [0.05, 0.1) is 18.5 Å². The van der Waals surface area contributed by atoms with Crippen LogP contribution in [-0.2, 0) is 14.8 Å². The Morgan fingerprint density at radius 1 is 1.25 bits per heavy atom. The van der Waals surface area contributed by atoms with Gasteiger partial charge in [0.15, 0.2) is 0 Å². The van der Waals surface area contributed by atoms with Crippen LogP contribution in [0.3, 0.4) is 0 Å². The third-order valence-electron chi connectivity index (χ3n) is 2.76. The van der Waals surface area contributed by atoms with E-state index in [1.807, 2.05) is 13.8 Å². The average Bonchev–Trinajstić information content (AvgIpc) is 2.29. The number of ether oxygens (including phenoxy) is 1. The normalized spacial score (nSPS) is 16.6. The van der Waals surface area contributed by atoms with Crippen molar-refractivity contribution in [1.29, 1.82) is 0 Å². The zero-order valence-corrected chi connectivity index (χ0v) is 14.6. The third-order valence-corrected chi connectivity index (χ3v) is 4.11. The standard InChI is InChI=1S/C11H25N3O3S.2ClH/c1-11(2)17-9-10-18(15,16)13-5-8-14-6-3-12-4-7-14;;/h11-13H,3-10H2,1-2H3;2*1H. The summed E-state index contributed by atoms with van der Waals surface area (Å²) in [5.41, 5.74) is 0.